The van der Waals surface area contributed by atoms with Crippen LogP contribution in [0.15, 0.2) is 46.1 Å². The molecule has 0 bridgehead atoms. The molecular weight excluding hydrogens is 368 g/mol. The molecule has 0 atom stereocenters. The van der Waals surface area contributed by atoms with E-state index in [4.69, 9.17) is 0 Å². The molecule has 3 rings (SSSR count). The summed E-state index contributed by atoms with van der Waals surface area (Å²) in [5.74, 6) is 0.193. The van der Waals surface area contributed by atoms with Crippen LogP contribution in [0.2, 0.25) is 0 Å². The molecule has 0 amide bonds. The molecule has 1 aromatic heterocycles. The molecule has 0 aliphatic rings. The number of anilines is 1. The van der Waals surface area contributed by atoms with Crippen LogP contribution in [0.1, 0.15) is 37.8 Å². The lowest BCUT2D eigenvalue weighted by Crippen LogP contribution is -2.15. The molecule has 0 saturated carbocycles. The van der Waals surface area contributed by atoms with Crippen molar-refractivity contribution in [1.29, 1.82) is 0 Å². The maximum Gasteiger partial charge on any atom is 0.308 e. The van der Waals surface area contributed by atoms with Gasteiger partial charge in [-0.05, 0) is 49.1 Å². The Morgan fingerprint density at radius 3 is 2.58 bits per heavy atom. The van der Waals surface area contributed by atoms with Gasteiger partial charge >= 0.3 is 4.87 Å². The minimum absolute atomic E-state index is 0.0778. The van der Waals surface area contributed by atoms with E-state index in [9.17, 15) is 13.2 Å². The molecule has 0 aliphatic carbocycles. The van der Waals surface area contributed by atoms with Gasteiger partial charge in [0.15, 0.2) is 0 Å². The number of benzene rings is 2. The standard InChI is InChI=1S/C19H22N2O3S2/c1-5-21-16-10-9-14(11-17(16)25-19(21)22)26(23,24)20-18-13(4)7-6-8-15(18)12(2)3/h6-12,20H,5H2,1-4H3. The first-order valence-corrected chi connectivity index (χ1v) is 10.8. The average molecular weight is 391 g/mol. The number of aromatic nitrogens is 1. The van der Waals surface area contributed by atoms with Crippen molar-refractivity contribution in [1.82, 2.24) is 4.57 Å². The van der Waals surface area contributed by atoms with Gasteiger partial charge in [0.25, 0.3) is 10.0 Å². The lowest BCUT2D eigenvalue weighted by Gasteiger charge is -2.17. The first-order chi connectivity index (χ1) is 12.2. The lowest BCUT2D eigenvalue weighted by atomic mass is 9.99. The van der Waals surface area contributed by atoms with E-state index in [1.165, 1.54) is 0 Å². The van der Waals surface area contributed by atoms with Crippen molar-refractivity contribution in [2.45, 2.75) is 45.1 Å². The minimum atomic E-state index is -3.75. The Labute approximate surface area is 157 Å². The Bertz CT molecular complexity index is 1130. The highest BCUT2D eigenvalue weighted by Gasteiger charge is 2.20. The highest BCUT2D eigenvalue weighted by Crippen LogP contribution is 2.30. The predicted molar refractivity (Wildman–Crippen MR) is 108 cm³/mol. The molecule has 7 heteroatoms. The van der Waals surface area contributed by atoms with E-state index in [2.05, 4.69) is 4.72 Å². The third-order valence-corrected chi connectivity index (χ3v) is 6.72. The van der Waals surface area contributed by atoms with Gasteiger partial charge < -0.3 is 0 Å². The summed E-state index contributed by atoms with van der Waals surface area (Å²) in [6, 6.07) is 10.6. The summed E-state index contributed by atoms with van der Waals surface area (Å²) in [6.07, 6.45) is 0. The largest absolute Gasteiger partial charge is 0.308 e. The summed E-state index contributed by atoms with van der Waals surface area (Å²) < 4.78 is 30.9. The predicted octanol–water partition coefficient (Wildman–Crippen LogP) is 4.32. The molecule has 0 aliphatic heterocycles. The van der Waals surface area contributed by atoms with Gasteiger partial charge in [-0.2, -0.15) is 0 Å². The quantitative estimate of drug-likeness (QED) is 0.706. The number of rotatable bonds is 5. The fourth-order valence-electron chi connectivity index (χ4n) is 3.02. The molecule has 2 aromatic carbocycles. The second-order valence-corrected chi connectivity index (χ2v) is 9.22. The second kappa shape index (κ2) is 6.89. The van der Waals surface area contributed by atoms with Crippen molar-refractivity contribution in [3.05, 3.63) is 57.2 Å². The van der Waals surface area contributed by atoms with E-state index < -0.39 is 10.0 Å². The molecular formula is C19H22N2O3S2. The zero-order chi connectivity index (χ0) is 19.1. The van der Waals surface area contributed by atoms with Crippen molar-refractivity contribution in [2.24, 2.45) is 0 Å². The second-order valence-electron chi connectivity index (χ2n) is 6.54. The van der Waals surface area contributed by atoms with E-state index in [0.29, 0.717) is 16.9 Å². The SMILES string of the molecule is CCn1c(=O)sc2cc(S(=O)(=O)Nc3c(C)cccc3C(C)C)ccc21. The van der Waals surface area contributed by atoms with Crippen molar-refractivity contribution in [3.63, 3.8) is 0 Å². The van der Waals surface area contributed by atoms with E-state index in [1.54, 1.807) is 22.8 Å². The summed E-state index contributed by atoms with van der Waals surface area (Å²) >= 11 is 1.07. The van der Waals surface area contributed by atoms with E-state index in [1.807, 2.05) is 45.9 Å². The van der Waals surface area contributed by atoms with Crippen LogP contribution < -0.4 is 9.60 Å². The first-order valence-electron chi connectivity index (χ1n) is 8.50. The fourth-order valence-corrected chi connectivity index (χ4v) is 5.27. The van der Waals surface area contributed by atoms with Gasteiger partial charge in [0.05, 0.1) is 20.8 Å². The third-order valence-electron chi connectivity index (χ3n) is 4.43. The van der Waals surface area contributed by atoms with Crippen LogP contribution in [0.4, 0.5) is 5.69 Å². The minimum Gasteiger partial charge on any atom is -0.299 e. The Balaban J connectivity index is 2.07. The maximum absolute atomic E-state index is 12.9. The molecule has 138 valence electrons. The van der Waals surface area contributed by atoms with Crippen LogP contribution >= 0.6 is 11.3 Å². The fraction of sp³-hybridized carbons (Fsp3) is 0.316. The topological polar surface area (TPSA) is 68.2 Å². The normalized spacial score (nSPS) is 12.0. The van der Waals surface area contributed by atoms with Gasteiger partial charge in [-0.15, -0.1) is 0 Å². The number of para-hydroxylation sites is 1. The first kappa shape index (κ1) is 18.7. The maximum atomic E-state index is 12.9. The number of aryl methyl sites for hydroxylation is 2. The molecule has 3 aromatic rings. The highest BCUT2D eigenvalue weighted by molar-refractivity contribution is 7.92. The highest BCUT2D eigenvalue weighted by atomic mass is 32.2. The van der Waals surface area contributed by atoms with Crippen LogP contribution in [0.25, 0.3) is 10.2 Å². The van der Waals surface area contributed by atoms with Crippen molar-refractivity contribution in [3.8, 4) is 0 Å². The van der Waals surface area contributed by atoms with Gasteiger partial charge in [-0.3, -0.25) is 14.1 Å². The van der Waals surface area contributed by atoms with Gasteiger partial charge in [0.1, 0.15) is 0 Å². The van der Waals surface area contributed by atoms with Crippen molar-refractivity contribution < 1.29 is 8.42 Å². The molecule has 26 heavy (non-hydrogen) atoms. The van der Waals surface area contributed by atoms with Crippen molar-refractivity contribution in [2.75, 3.05) is 4.72 Å². The molecule has 5 nitrogen and oxygen atoms in total. The lowest BCUT2D eigenvalue weighted by molar-refractivity contribution is 0.601. The van der Waals surface area contributed by atoms with Crippen LogP contribution in [0, 0.1) is 6.92 Å². The number of hydrogen-bond acceptors (Lipinski definition) is 4. The zero-order valence-corrected chi connectivity index (χ0v) is 16.9. The summed E-state index contributed by atoms with van der Waals surface area (Å²) in [5, 5.41) is 0. The number of nitrogens with one attached hydrogen (secondary N) is 1. The molecule has 0 unspecified atom stereocenters. The molecule has 0 saturated heterocycles. The smallest absolute Gasteiger partial charge is 0.299 e. The molecule has 1 N–H and O–H groups in total. The Kier molecular flexibility index (Phi) is 4.94. The van der Waals surface area contributed by atoms with Crippen LogP contribution in [0.3, 0.4) is 0 Å². The van der Waals surface area contributed by atoms with E-state index >= 15 is 0 Å². The van der Waals surface area contributed by atoms with Crippen LogP contribution in [-0.2, 0) is 16.6 Å². The summed E-state index contributed by atoms with van der Waals surface area (Å²) in [7, 11) is -3.75. The third kappa shape index (κ3) is 3.29. The van der Waals surface area contributed by atoms with Gasteiger partial charge in [-0.25, -0.2) is 8.42 Å². The molecule has 0 radical (unpaired) electrons. The molecule has 0 fully saturated rings. The average Bonchev–Trinajstić information content (AvgIpc) is 2.90. The Morgan fingerprint density at radius 1 is 1.19 bits per heavy atom. The molecule has 1 heterocycles. The van der Waals surface area contributed by atoms with Gasteiger partial charge in [0, 0.05) is 6.54 Å². The summed E-state index contributed by atoms with van der Waals surface area (Å²) in [5.41, 5.74) is 3.22. The van der Waals surface area contributed by atoms with Crippen LogP contribution in [0.5, 0.6) is 0 Å². The van der Waals surface area contributed by atoms with E-state index in [-0.39, 0.29) is 15.7 Å². The molecule has 0 spiro atoms. The van der Waals surface area contributed by atoms with Gasteiger partial charge in [-0.1, -0.05) is 43.4 Å². The number of hydrogen-bond donors (Lipinski definition) is 1. The monoisotopic (exact) mass is 390 g/mol. The zero-order valence-electron chi connectivity index (χ0n) is 15.2. The number of nitrogens with zero attached hydrogens (tertiary/aromatic N) is 1. The number of thiazole rings is 1. The van der Waals surface area contributed by atoms with Gasteiger partial charge in [0.2, 0.25) is 0 Å². The summed E-state index contributed by atoms with van der Waals surface area (Å²) in [6.45, 7) is 8.41. The van der Waals surface area contributed by atoms with E-state index in [0.717, 1.165) is 28.0 Å². The Hall–Kier alpha value is -2.12. The number of fused-ring (bicyclic) bond motifs is 1. The van der Waals surface area contributed by atoms with Crippen molar-refractivity contribution >= 4 is 37.3 Å². The number of sulfonamides is 1. The summed E-state index contributed by atoms with van der Waals surface area (Å²) in [4.78, 5) is 12.1. The van der Waals surface area contributed by atoms with Crippen LogP contribution in [-0.4, -0.2) is 13.0 Å². The Morgan fingerprint density at radius 2 is 1.92 bits per heavy atom.